The zero-order valence-corrected chi connectivity index (χ0v) is 15.7. The van der Waals surface area contributed by atoms with E-state index in [1.807, 2.05) is 54.6 Å². The molecule has 0 fully saturated rings. The lowest BCUT2D eigenvalue weighted by molar-refractivity contribution is -0.111. The van der Waals surface area contributed by atoms with Gasteiger partial charge in [-0.2, -0.15) is 0 Å². The minimum absolute atomic E-state index is 0.0420. The highest BCUT2D eigenvalue weighted by atomic mass is 16.1. The van der Waals surface area contributed by atoms with Crippen LogP contribution in [0.15, 0.2) is 103 Å². The summed E-state index contributed by atoms with van der Waals surface area (Å²) in [6.07, 6.45) is 3.29. The molecule has 4 aromatic carbocycles. The van der Waals surface area contributed by atoms with E-state index >= 15 is 0 Å². The molecule has 140 valence electrons. The van der Waals surface area contributed by atoms with Crippen LogP contribution in [0.5, 0.6) is 0 Å². The molecule has 0 spiro atoms. The highest BCUT2D eigenvalue weighted by molar-refractivity contribution is 6.09. The normalized spacial score (nSPS) is 10.9. The highest BCUT2D eigenvalue weighted by Crippen LogP contribution is 2.17. The molecule has 0 saturated carbocycles. The summed E-state index contributed by atoms with van der Waals surface area (Å²) >= 11 is 0. The van der Waals surface area contributed by atoms with Crippen LogP contribution in [0.2, 0.25) is 0 Å². The van der Waals surface area contributed by atoms with E-state index in [1.165, 1.54) is 11.5 Å². The second kappa shape index (κ2) is 8.36. The van der Waals surface area contributed by atoms with Crippen molar-refractivity contribution in [2.45, 2.75) is 0 Å². The van der Waals surface area contributed by atoms with E-state index < -0.39 is 0 Å². The molecule has 4 aromatic rings. The minimum atomic E-state index is -0.222. The Bertz CT molecular complexity index is 1190. The third kappa shape index (κ3) is 4.47. The molecule has 3 nitrogen and oxygen atoms in total. The van der Waals surface area contributed by atoms with Gasteiger partial charge in [0.05, 0.1) is 0 Å². The number of hydrogen-bond donors (Lipinski definition) is 1. The average Bonchev–Trinajstić information content (AvgIpc) is 2.78. The van der Waals surface area contributed by atoms with Gasteiger partial charge in [0.15, 0.2) is 5.78 Å². The molecule has 0 bridgehead atoms. The standard InChI is InChI=1S/C26H19NO2/c28-25(17-11-19-10-12-20-6-4-5-9-23(20)18-19)27-24-15-13-22(14-16-24)26(29)21-7-2-1-3-8-21/h1-18H,(H,27,28)/b17-11+. The van der Waals surface area contributed by atoms with Crippen molar-refractivity contribution in [2.24, 2.45) is 0 Å². The molecule has 29 heavy (non-hydrogen) atoms. The van der Waals surface area contributed by atoms with Crippen LogP contribution in [0.3, 0.4) is 0 Å². The third-order valence-corrected chi connectivity index (χ3v) is 4.65. The van der Waals surface area contributed by atoms with Crippen LogP contribution in [0.1, 0.15) is 21.5 Å². The van der Waals surface area contributed by atoms with E-state index in [0.717, 1.165) is 10.9 Å². The van der Waals surface area contributed by atoms with Gasteiger partial charge in [-0.25, -0.2) is 0 Å². The summed E-state index contributed by atoms with van der Waals surface area (Å²) in [6.45, 7) is 0. The number of fused-ring (bicyclic) bond motifs is 1. The van der Waals surface area contributed by atoms with Gasteiger partial charge < -0.3 is 5.32 Å². The molecule has 0 aliphatic carbocycles. The maximum Gasteiger partial charge on any atom is 0.248 e. The Kier molecular flexibility index (Phi) is 5.30. The van der Waals surface area contributed by atoms with Crippen molar-refractivity contribution in [3.05, 3.63) is 120 Å². The number of benzene rings is 4. The van der Waals surface area contributed by atoms with Gasteiger partial charge in [0.25, 0.3) is 0 Å². The maximum absolute atomic E-state index is 12.4. The van der Waals surface area contributed by atoms with Crippen molar-refractivity contribution in [3.8, 4) is 0 Å². The zero-order valence-electron chi connectivity index (χ0n) is 15.7. The Labute approximate surface area is 169 Å². The molecule has 0 aliphatic heterocycles. The number of carbonyl (C=O) groups excluding carboxylic acids is 2. The molecule has 0 aromatic heterocycles. The molecule has 0 heterocycles. The van der Waals surface area contributed by atoms with Gasteiger partial charge in [0, 0.05) is 22.9 Å². The predicted molar refractivity (Wildman–Crippen MR) is 118 cm³/mol. The summed E-state index contributed by atoms with van der Waals surface area (Å²) in [7, 11) is 0. The molecule has 4 rings (SSSR count). The number of rotatable bonds is 5. The predicted octanol–water partition coefficient (Wildman–Crippen LogP) is 5.72. The highest BCUT2D eigenvalue weighted by Gasteiger charge is 2.08. The first-order valence-corrected chi connectivity index (χ1v) is 9.37. The molecular weight excluding hydrogens is 358 g/mol. The maximum atomic E-state index is 12.4. The van der Waals surface area contributed by atoms with Gasteiger partial charge in [-0.3, -0.25) is 9.59 Å². The first-order chi connectivity index (χ1) is 14.2. The molecule has 0 saturated heterocycles. The number of amides is 1. The van der Waals surface area contributed by atoms with Crippen molar-refractivity contribution < 1.29 is 9.59 Å². The number of carbonyl (C=O) groups is 2. The van der Waals surface area contributed by atoms with Crippen molar-refractivity contribution in [1.82, 2.24) is 0 Å². The summed E-state index contributed by atoms with van der Waals surface area (Å²) in [4.78, 5) is 24.7. The van der Waals surface area contributed by atoms with E-state index in [-0.39, 0.29) is 11.7 Å². The Hall–Kier alpha value is -3.98. The summed E-state index contributed by atoms with van der Waals surface area (Å²) in [6, 6.07) is 30.2. The summed E-state index contributed by atoms with van der Waals surface area (Å²) in [5, 5.41) is 5.12. The van der Waals surface area contributed by atoms with E-state index in [1.54, 1.807) is 42.5 Å². The molecule has 1 amide bonds. The first-order valence-electron chi connectivity index (χ1n) is 9.37. The van der Waals surface area contributed by atoms with Gasteiger partial charge in [0.1, 0.15) is 0 Å². The second-order valence-electron chi connectivity index (χ2n) is 6.70. The average molecular weight is 377 g/mol. The van der Waals surface area contributed by atoms with Gasteiger partial charge in [-0.1, -0.05) is 66.7 Å². The van der Waals surface area contributed by atoms with Crippen LogP contribution in [0.4, 0.5) is 5.69 Å². The van der Waals surface area contributed by atoms with Crippen LogP contribution in [-0.4, -0.2) is 11.7 Å². The molecule has 0 atom stereocenters. The smallest absolute Gasteiger partial charge is 0.248 e. The van der Waals surface area contributed by atoms with Gasteiger partial charge >= 0.3 is 0 Å². The monoisotopic (exact) mass is 377 g/mol. The molecule has 1 N–H and O–H groups in total. The third-order valence-electron chi connectivity index (χ3n) is 4.65. The Morgan fingerprint density at radius 3 is 2.07 bits per heavy atom. The number of ketones is 1. The van der Waals surface area contributed by atoms with Crippen molar-refractivity contribution in [3.63, 3.8) is 0 Å². The second-order valence-corrected chi connectivity index (χ2v) is 6.70. The lowest BCUT2D eigenvalue weighted by Gasteiger charge is -2.05. The fraction of sp³-hybridized carbons (Fsp3) is 0. The summed E-state index contributed by atoms with van der Waals surface area (Å²) in [5.74, 6) is -0.264. The lowest BCUT2D eigenvalue weighted by atomic mass is 10.0. The van der Waals surface area contributed by atoms with Gasteiger partial charge in [-0.15, -0.1) is 0 Å². The van der Waals surface area contributed by atoms with Gasteiger partial charge in [-0.05, 0) is 52.7 Å². The fourth-order valence-electron chi connectivity index (χ4n) is 3.13. The molecule has 3 heteroatoms. The van der Waals surface area contributed by atoms with Crippen LogP contribution in [-0.2, 0) is 4.79 Å². The van der Waals surface area contributed by atoms with E-state index in [9.17, 15) is 9.59 Å². The molecular formula is C26H19NO2. The van der Waals surface area contributed by atoms with E-state index in [4.69, 9.17) is 0 Å². The van der Waals surface area contributed by atoms with Crippen LogP contribution in [0, 0.1) is 0 Å². The Morgan fingerprint density at radius 1 is 0.655 bits per heavy atom. The lowest BCUT2D eigenvalue weighted by Crippen LogP contribution is -2.08. The number of anilines is 1. The van der Waals surface area contributed by atoms with Crippen LogP contribution < -0.4 is 5.32 Å². The molecule has 0 unspecified atom stereocenters. The molecule has 0 radical (unpaired) electrons. The van der Waals surface area contributed by atoms with E-state index in [0.29, 0.717) is 16.8 Å². The summed E-state index contributed by atoms with van der Waals surface area (Å²) < 4.78 is 0. The topological polar surface area (TPSA) is 46.2 Å². The van der Waals surface area contributed by atoms with E-state index in [2.05, 4.69) is 11.4 Å². The van der Waals surface area contributed by atoms with Crippen molar-refractivity contribution >= 4 is 34.2 Å². The summed E-state index contributed by atoms with van der Waals surface area (Å²) in [5.41, 5.74) is 2.83. The number of nitrogens with one attached hydrogen (secondary N) is 1. The minimum Gasteiger partial charge on any atom is -0.323 e. The Morgan fingerprint density at radius 2 is 1.31 bits per heavy atom. The number of hydrogen-bond acceptors (Lipinski definition) is 2. The Balaban J connectivity index is 1.41. The van der Waals surface area contributed by atoms with Crippen molar-refractivity contribution in [1.29, 1.82) is 0 Å². The van der Waals surface area contributed by atoms with Gasteiger partial charge in [0.2, 0.25) is 5.91 Å². The molecule has 0 aliphatic rings. The van der Waals surface area contributed by atoms with Crippen LogP contribution >= 0.6 is 0 Å². The first kappa shape index (κ1) is 18.4. The zero-order chi connectivity index (χ0) is 20.1. The van der Waals surface area contributed by atoms with Crippen molar-refractivity contribution in [2.75, 3.05) is 5.32 Å². The SMILES string of the molecule is O=C(/C=C/c1ccc2ccccc2c1)Nc1ccc(C(=O)c2ccccc2)cc1. The fourth-order valence-corrected chi connectivity index (χ4v) is 3.13. The largest absolute Gasteiger partial charge is 0.323 e. The van der Waals surface area contributed by atoms with Crippen LogP contribution in [0.25, 0.3) is 16.8 Å². The quantitative estimate of drug-likeness (QED) is 0.357.